The van der Waals surface area contributed by atoms with E-state index in [9.17, 15) is 4.79 Å². The third-order valence-electron chi connectivity index (χ3n) is 4.05. The Kier molecular flexibility index (Phi) is 5.50. The van der Waals surface area contributed by atoms with Crippen LogP contribution in [0.2, 0.25) is 5.02 Å². The predicted octanol–water partition coefficient (Wildman–Crippen LogP) is 4.68. The molecule has 0 saturated heterocycles. The van der Waals surface area contributed by atoms with Gasteiger partial charge in [-0.3, -0.25) is 14.2 Å². The summed E-state index contributed by atoms with van der Waals surface area (Å²) in [6, 6.07) is 4.49. The number of nitrogens with zero attached hydrogens (tertiary/aromatic N) is 4. The molecule has 3 aromatic rings. The Morgan fingerprint density at radius 1 is 1.29 bits per heavy atom. The second-order valence-electron chi connectivity index (χ2n) is 7.40. The summed E-state index contributed by atoms with van der Waals surface area (Å²) in [6.45, 7) is 5.91. The van der Waals surface area contributed by atoms with Crippen molar-refractivity contribution in [2.24, 2.45) is 7.05 Å². The van der Waals surface area contributed by atoms with Crippen molar-refractivity contribution in [1.82, 2.24) is 19.6 Å². The van der Waals surface area contributed by atoms with Gasteiger partial charge in [-0.25, -0.2) is 4.39 Å². The van der Waals surface area contributed by atoms with Gasteiger partial charge in [0, 0.05) is 24.5 Å². The SMILES string of the molecule is Cn1cc(-c2cc(-c3c(F)cc(NC(=O)CCl)cc3Cl)n(C(C)(C)C)n2)cn1. The van der Waals surface area contributed by atoms with Gasteiger partial charge in [-0.15, -0.1) is 11.6 Å². The van der Waals surface area contributed by atoms with Crippen LogP contribution >= 0.6 is 23.2 Å². The number of carbonyl (C=O) groups is 1. The number of nitrogens with one attached hydrogen (secondary N) is 1. The Labute approximate surface area is 172 Å². The van der Waals surface area contributed by atoms with Crippen LogP contribution in [0.15, 0.2) is 30.6 Å². The molecule has 6 nitrogen and oxygen atoms in total. The van der Waals surface area contributed by atoms with Crippen LogP contribution in [-0.2, 0) is 17.4 Å². The zero-order valence-corrected chi connectivity index (χ0v) is 17.4. The number of alkyl halides is 1. The Balaban J connectivity index is 2.14. The van der Waals surface area contributed by atoms with E-state index in [-0.39, 0.29) is 22.2 Å². The molecule has 9 heteroatoms. The van der Waals surface area contributed by atoms with E-state index in [1.54, 1.807) is 21.6 Å². The van der Waals surface area contributed by atoms with Crippen LogP contribution in [0.4, 0.5) is 10.1 Å². The normalized spacial score (nSPS) is 11.7. The maximum atomic E-state index is 15.0. The lowest BCUT2D eigenvalue weighted by molar-refractivity contribution is -0.113. The van der Waals surface area contributed by atoms with Crippen molar-refractivity contribution in [2.45, 2.75) is 26.3 Å². The topological polar surface area (TPSA) is 64.7 Å². The number of hydrogen-bond donors (Lipinski definition) is 1. The van der Waals surface area contributed by atoms with Gasteiger partial charge in [-0.05, 0) is 39.0 Å². The zero-order valence-electron chi connectivity index (χ0n) is 15.9. The quantitative estimate of drug-likeness (QED) is 0.619. The van der Waals surface area contributed by atoms with Crippen LogP contribution in [0, 0.1) is 5.82 Å². The molecule has 0 bridgehead atoms. The van der Waals surface area contributed by atoms with E-state index in [1.165, 1.54) is 12.1 Å². The minimum atomic E-state index is -0.569. The molecule has 0 unspecified atom stereocenters. The highest BCUT2D eigenvalue weighted by Gasteiger charge is 2.25. The fourth-order valence-corrected chi connectivity index (χ4v) is 3.22. The molecule has 0 saturated carbocycles. The summed E-state index contributed by atoms with van der Waals surface area (Å²) < 4.78 is 18.4. The Hall–Kier alpha value is -2.38. The summed E-state index contributed by atoms with van der Waals surface area (Å²) >= 11 is 11.9. The molecular weight excluding hydrogens is 404 g/mol. The number of anilines is 1. The zero-order chi connectivity index (χ0) is 20.6. The molecule has 0 atom stereocenters. The highest BCUT2D eigenvalue weighted by molar-refractivity contribution is 6.34. The van der Waals surface area contributed by atoms with Crippen molar-refractivity contribution in [3.05, 3.63) is 41.4 Å². The first-order chi connectivity index (χ1) is 13.1. The first-order valence-electron chi connectivity index (χ1n) is 8.55. The molecular formula is C19H20Cl2FN5O. The van der Waals surface area contributed by atoms with E-state index in [0.717, 1.165) is 5.56 Å². The molecule has 3 rings (SSSR count). The lowest BCUT2D eigenvalue weighted by Crippen LogP contribution is -2.24. The Bertz CT molecular complexity index is 1010. The number of rotatable bonds is 4. The fourth-order valence-electron chi connectivity index (χ4n) is 2.85. The summed E-state index contributed by atoms with van der Waals surface area (Å²) in [7, 11) is 1.82. The van der Waals surface area contributed by atoms with Crippen LogP contribution in [0.25, 0.3) is 22.5 Å². The number of halogens is 3. The molecule has 0 aliphatic rings. The third kappa shape index (κ3) is 4.05. The molecule has 28 heavy (non-hydrogen) atoms. The molecule has 1 aromatic carbocycles. The smallest absolute Gasteiger partial charge is 0.239 e. The van der Waals surface area contributed by atoms with Gasteiger partial charge in [-0.1, -0.05) is 11.6 Å². The summed E-state index contributed by atoms with van der Waals surface area (Å²) in [5, 5.41) is 11.5. The van der Waals surface area contributed by atoms with Gasteiger partial charge < -0.3 is 5.32 Å². The van der Waals surface area contributed by atoms with Gasteiger partial charge in [-0.2, -0.15) is 10.2 Å². The number of amides is 1. The van der Waals surface area contributed by atoms with Crippen molar-refractivity contribution < 1.29 is 9.18 Å². The van der Waals surface area contributed by atoms with Crippen molar-refractivity contribution >= 4 is 34.8 Å². The van der Waals surface area contributed by atoms with Crippen LogP contribution in [0.3, 0.4) is 0 Å². The number of aromatic nitrogens is 4. The van der Waals surface area contributed by atoms with Crippen molar-refractivity contribution in [3.63, 3.8) is 0 Å². The Morgan fingerprint density at radius 2 is 2.00 bits per heavy atom. The van der Waals surface area contributed by atoms with Gasteiger partial charge in [0.2, 0.25) is 5.91 Å². The third-order valence-corrected chi connectivity index (χ3v) is 4.59. The lowest BCUT2D eigenvalue weighted by atomic mass is 10.1. The van der Waals surface area contributed by atoms with Gasteiger partial charge in [0.15, 0.2) is 0 Å². The highest BCUT2D eigenvalue weighted by atomic mass is 35.5. The average Bonchev–Trinajstić information content (AvgIpc) is 3.20. The summed E-state index contributed by atoms with van der Waals surface area (Å²) in [4.78, 5) is 11.5. The van der Waals surface area contributed by atoms with Crippen LogP contribution in [0.5, 0.6) is 0 Å². The maximum Gasteiger partial charge on any atom is 0.239 e. The van der Waals surface area contributed by atoms with Crippen LogP contribution in [0.1, 0.15) is 20.8 Å². The van der Waals surface area contributed by atoms with Gasteiger partial charge in [0.05, 0.1) is 33.7 Å². The number of carbonyl (C=O) groups excluding carboxylic acids is 1. The number of hydrogen-bond acceptors (Lipinski definition) is 3. The van der Waals surface area contributed by atoms with Crippen molar-refractivity contribution in [2.75, 3.05) is 11.2 Å². The molecule has 2 heterocycles. The molecule has 148 valence electrons. The molecule has 0 aliphatic heterocycles. The van der Waals surface area contributed by atoms with Crippen LogP contribution in [-0.4, -0.2) is 31.3 Å². The molecule has 1 N–H and O–H groups in total. The lowest BCUT2D eigenvalue weighted by Gasteiger charge is -2.23. The van der Waals surface area contributed by atoms with Crippen molar-refractivity contribution in [1.29, 1.82) is 0 Å². The van der Waals surface area contributed by atoms with Gasteiger partial charge in [0.25, 0.3) is 0 Å². The van der Waals surface area contributed by atoms with E-state index in [4.69, 9.17) is 23.2 Å². The highest BCUT2D eigenvalue weighted by Crippen LogP contribution is 2.37. The summed E-state index contributed by atoms with van der Waals surface area (Å²) in [5.74, 6) is -1.24. The molecule has 2 aromatic heterocycles. The number of aryl methyl sites for hydroxylation is 1. The minimum absolute atomic E-state index is 0.160. The summed E-state index contributed by atoms with van der Waals surface area (Å²) in [5.41, 5.74) is 2.04. The first-order valence-corrected chi connectivity index (χ1v) is 9.46. The predicted molar refractivity (Wildman–Crippen MR) is 109 cm³/mol. The van der Waals surface area contributed by atoms with E-state index in [2.05, 4.69) is 15.5 Å². The summed E-state index contributed by atoms with van der Waals surface area (Å²) in [6.07, 6.45) is 3.53. The fraction of sp³-hybridized carbons (Fsp3) is 0.316. The second kappa shape index (κ2) is 7.56. The molecule has 0 radical (unpaired) electrons. The molecule has 0 spiro atoms. The molecule has 1 amide bonds. The standard InChI is InChI=1S/C19H20Cl2FN5O/c1-19(2,3)27-16(7-15(25-27)11-9-23-26(4)10-11)18-13(21)5-12(6-14(18)22)24-17(28)8-20/h5-7,9-10H,8H2,1-4H3,(H,24,28). The second-order valence-corrected chi connectivity index (χ2v) is 8.07. The number of benzene rings is 1. The van der Waals surface area contributed by atoms with E-state index in [1.807, 2.05) is 34.0 Å². The van der Waals surface area contributed by atoms with Crippen molar-refractivity contribution in [3.8, 4) is 22.5 Å². The monoisotopic (exact) mass is 423 g/mol. The van der Waals surface area contributed by atoms with Gasteiger partial charge in [0.1, 0.15) is 11.7 Å². The average molecular weight is 424 g/mol. The van der Waals surface area contributed by atoms with Crippen LogP contribution < -0.4 is 5.32 Å². The minimum Gasteiger partial charge on any atom is -0.325 e. The van der Waals surface area contributed by atoms with E-state index < -0.39 is 17.3 Å². The molecule has 0 aliphatic carbocycles. The largest absolute Gasteiger partial charge is 0.325 e. The Morgan fingerprint density at radius 3 is 2.54 bits per heavy atom. The maximum absolute atomic E-state index is 15.0. The first kappa shape index (κ1) is 20.4. The van der Waals surface area contributed by atoms with E-state index >= 15 is 4.39 Å². The molecule has 0 fully saturated rings. The van der Waals surface area contributed by atoms with E-state index in [0.29, 0.717) is 11.4 Å². The van der Waals surface area contributed by atoms with Gasteiger partial charge >= 0.3 is 0 Å².